The van der Waals surface area contributed by atoms with Crippen molar-refractivity contribution in [1.82, 2.24) is 0 Å². The molecule has 2 saturated carbocycles. The lowest BCUT2D eigenvalue weighted by Gasteiger charge is -2.10. The van der Waals surface area contributed by atoms with Crippen molar-refractivity contribution < 1.29 is 14.3 Å². The van der Waals surface area contributed by atoms with E-state index in [-0.39, 0.29) is 23.8 Å². The van der Waals surface area contributed by atoms with Crippen LogP contribution in [0.3, 0.4) is 0 Å². The summed E-state index contributed by atoms with van der Waals surface area (Å²) in [6.07, 6.45) is 8.97. The fourth-order valence-corrected chi connectivity index (χ4v) is 3.05. The maximum atomic E-state index is 11.8. The molecule has 1 heterocycles. The first-order valence-corrected chi connectivity index (χ1v) is 6.18. The van der Waals surface area contributed by atoms with Crippen molar-refractivity contribution in [2.45, 2.75) is 69.2 Å². The summed E-state index contributed by atoms with van der Waals surface area (Å²) in [6.45, 7) is 0. The highest BCUT2D eigenvalue weighted by molar-refractivity contribution is 5.79. The molecule has 1 aliphatic heterocycles. The summed E-state index contributed by atoms with van der Waals surface area (Å²) >= 11 is 0. The normalized spacial score (nSPS) is 33.5. The van der Waals surface area contributed by atoms with Gasteiger partial charge in [0.05, 0.1) is 0 Å². The van der Waals surface area contributed by atoms with E-state index in [0.29, 0.717) is 0 Å². The lowest BCUT2D eigenvalue weighted by molar-refractivity contribution is -0.150. The topological polar surface area (TPSA) is 38.8 Å². The summed E-state index contributed by atoms with van der Waals surface area (Å²) in [5.74, 6) is -0.0937. The molecule has 2 aliphatic carbocycles. The van der Waals surface area contributed by atoms with Crippen LogP contribution in [0.15, 0.2) is 0 Å². The van der Waals surface area contributed by atoms with Crippen LogP contribution in [0.2, 0.25) is 0 Å². The first-order valence-electron chi connectivity index (χ1n) is 6.18. The predicted molar refractivity (Wildman–Crippen MR) is 54.4 cm³/mol. The zero-order valence-electron chi connectivity index (χ0n) is 9.04. The van der Waals surface area contributed by atoms with Crippen LogP contribution in [-0.4, -0.2) is 23.8 Å². The number of carbonyl (C=O) groups is 1. The fraction of sp³-hybridized carbons (Fsp3) is 0.917. The summed E-state index contributed by atoms with van der Waals surface area (Å²) in [7, 11) is 0. The predicted octanol–water partition coefficient (Wildman–Crippen LogP) is 2.18. The van der Waals surface area contributed by atoms with Gasteiger partial charge in [0.2, 0.25) is 0 Å². The second-order valence-corrected chi connectivity index (χ2v) is 5.11. The van der Waals surface area contributed by atoms with Gasteiger partial charge in [-0.1, -0.05) is 12.8 Å². The summed E-state index contributed by atoms with van der Waals surface area (Å²) in [6, 6.07) is 0. The first kappa shape index (κ1) is 9.64. The Kier molecular flexibility index (Phi) is 2.23. The molecule has 84 valence electrons. The largest absolute Gasteiger partial charge is 0.460 e. The zero-order valence-corrected chi connectivity index (χ0v) is 9.04. The van der Waals surface area contributed by atoms with Gasteiger partial charge in [-0.2, -0.15) is 0 Å². The molecular formula is C12H18O3. The van der Waals surface area contributed by atoms with E-state index < -0.39 is 0 Å². The van der Waals surface area contributed by atoms with Crippen LogP contribution in [0.25, 0.3) is 0 Å². The second-order valence-electron chi connectivity index (χ2n) is 5.11. The van der Waals surface area contributed by atoms with E-state index in [0.717, 1.165) is 25.7 Å². The van der Waals surface area contributed by atoms with E-state index in [2.05, 4.69) is 0 Å². The third-order valence-electron chi connectivity index (χ3n) is 4.02. The van der Waals surface area contributed by atoms with Gasteiger partial charge in [-0.05, 0) is 38.5 Å². The van der Waals surface area contributed by atoms with Crippen LogP contribution in [0, 0.1) is 0 Å². The van der Waals surface area contributed by atoms with Gasteiger partial charge >= 0.3 is 5.97 Å². The van der Waals surface area contributed by atoms with Gasteiger partial charge < -0.3 is 9.47 Å². The highest BCUT2D eigenvalue weighted by atomic mass is 16.7. The van der Waals surface area contributed by atoms with Crippen molar-refractivity contribution in [3.8, 4) is 0 Å². The standard InChI is InChI=1S/C12H18O3/c13-11(14-9-5-1-2-6-9)10-12(15-10)7-3-4-8-12/h9-10H,1-8H2. The van der Waals surface area contributed by atoms with Gasteiger partial charge in [-0.15, -0.1) is 0 Å². The third-order valence-corrected chi connectivity index (χ3v) is 4.02. The molecule has 3 fully saturated rings. The highest BCUT2D eigenvalue weighted by Crippen LogP contribution is 2.50. The van der Waals surface area contributed by atoms with Crippen molar-refractivity contribution in [2.24, 2.45) is 0 Å². The lowest BCUT2D eigenvalue weighted by atomic mass is 10.0. The van der Waals surface area contributed by atoms with Crippen LogP contribution < -0.4 is 0 Å². The second kappa shape index (κ2) is 3.48. The maximum absolute atomic E-state index is 11.8. The van der Waals surface area contributed by atoms with Crippen LogP contribution in [0.1, 0.15) is 51.4 Å². The minimum atomic E-state index is -0.222. The number of hydrogen-bond acceptors (Lipinski definition) is 3. The van der Waals surface area contributed by atoms with Crippen LogP contribution in [0.5, 0.6) is 0 Å². The van der Waals surface area contributed by atoms with Gasteiger partial charge in [-0.3, -0.25) is 0 Å². The molecule has 0 radical (unpaired) electrons. The van der Waals surface area contributed by atoms with Gasteiger partial charge in [0, 0.05) is 0 Å². The van der Waals surface area contributed by atoms with Gasteiger partial charge in [0.15, 0.2) is 6.10 Å². The Morgan fingerprint density at radius 2 is 1.80 bits per heavy atom. The smallest absolute Gasteiger partial charge is 0.338 e. The molecule has 3 nitrogen and oxygen atoms in total. The molecule has 0 amide bonds. The van der Waals surface area contributed by atoms with Crippen LogP contribution in [0.4, 0.5) is 0 Å². The molecule has 1 spiro atoms. The number of rotatable bonds is 2. The van der Waals surface area contributed by atoms with Crippen molar-refractivity contribution in [2.75, 3.05) is 0 Å². The molecular weight excluding hydrogens is 192 g/mol. The van der Waals surface area contributed by atoms with E-state index in [1.54, 1.807) is 0 Å². The van der Waals surface area contributed by atoms with E-state index in [1.807, 2.05) is 0 Å². The minimum Gasteiger partial charge on any atom is -0.460 e. The lowest BCUT2D eigenvalue weighted by Crippen LogP contribution is -2.24. The molecule has 0 aromatic carbocycles. The summed E-state index contributed by atoms with van der Waals surface area (Å²) in [4.78, 5) is 11.8. The number of ether oxygens (including phenoxy) is 2. The highest BCUT2D eigenvalue weighted by Gasteiger charge is 2.62. The summed E-state index contributed by atoms with van der Waals surface area (Å²) in [5.41, 5.74) is -0.0876. The average molecular weight is 210 g/mol. The number of carbonyl (C=O) groups excluding carboxylic acids is 1. The maximum Gasteiger partial charge on any atom is 0.338 e. The number of epoxide rings is 1. The van der Waals surface area contributed by atoms with Crippen LogP contribution >= 0.6 is 0 Å². The Labute approximate surface area is 90.1 Å². The Bertz CT molecular complexity index is 262. The SMILES string of the molecule is O=C(OC1CCCC1)C1OC12CCCC2. The minimum absolute atomic E-state index is 0.0876. The van der Waals surface area contributed by atoms with E-state index in [9.17, 15) is 4.79 Å². The van der Waals surface area contributed by atoms with Crippen LogP contribution in [-0.2, 0) is 14.3 Å². The molecule has 15 heavy (non-hydrogen) atoms. The van der Waals surface area contributed by atoms with Crippen molar-refractivity contribution >= 4 is 5.97 Å². The first-order chi connectivity index (χ1) is 7.30. The molecule has 3 aliphatic rings. The van der Waals surface area contributed by atoms with Crippen molar-refractivity contribution in [3.63, 3.8) is 0 Å². The Morgan fingerprint density at radius 1 is 1.13 bits per heavy atom. The summed E-state index contributed by atoms with van der Waals surface area (Å²) in [5, 5.41) is 0. The van der Waals surface area contributed by atoms with Gasteiger partial charge in [0.1, 0.15) is 11.7 Å². The fourth-order valence-electron chi connectivity index (χ4n) is 3.05. The quantitative estimate of drug-likeness (QED) is 0.518. The molecule has 0 aromatic heterocycles. The molecule has 3 rings (SSSR count). The third kappa shape index (κ3) is 1.67. The molecule has 0 N–H and O–H groups in total. The van der Waals surface area contributed by atoms with E-state index in [4.69, 9.17) is 9.47 Å². The Hall–Kier alpha value is -0.570. The average Bonchev–Trinajstić information content (AvgIpc) is 2.63. The molecule has 3 heteroatoms. The van der Waals surface area contributed by atoms with Crippen molar-refractivity contribution in [1.29, 1.82) is 0 Å². The van der Waals surface area contributed by atoms with E-state index >= 15 is 0 Å². The van der Waals surface area contributed by atoms with E-state index in [1.165, 1.54) is 25.7 Å². The molecule has 0 aromatic rings. The Morgan fingerprint density at radius 3 is 2.47 bits per heavy atom. The van der Waals surface area contributed by atoms with Crippen molar-refractivity contribution in [3.05, 3.63) is 0 Å². The van der Waals surface area contributed by atoms with Gasteiger partial charge in [0.25, 0.3) is 0 Å². The molecule has 0 bridgehead atoms. The Balaban J connectivity index is 1.53. The molecule has 1 saturated heterocycles. The zero-order chi connectivity index (χ0) is 10.3. The van der Waals surface area contributed by atoms with Gasteiger partial charge in [-0.25, -0.2) is 4.79 Å². The molecule has 1 unspecified atom stereocenters. The number of hydrogen-bond donors (Lipinski definition) is 0. The number of esters is 1. The monoisotopic (exact) mass is 210 g/mol. The summed E-state index contributed by atoms with van der Waals surface area (Å²) < 4.78 is 11.0. The molecule has 1 atom stereocenters.